The molecule has 0 bridgehead atoms. The third-order valence-corrected chi connectivity index (χ3v) is 18.8. The normalized spacial score (nSPS) is 13.0. The van der Waals surface area contributed by atoms with Crippen LogP contribution in [-0.4, -0.2) is 24.9 Å². The van der Waals surface area contributed by atoms with E-state index in [1.54, 1.807) is 11.3 Å². The Morgan fingerprint density at radius 1 is 0.305 bits per heavy atom. The summed E-state index contributed by atoms with van der Waals surface area (Å²) in [5.74, 6) is 2.45. The highest BCUT2D eigenvalue weighted by molar-refractivity contribution is 7.26. The first-order chi connectivity index (χ1) is 40.6. The lowest BCUT2D eigenvalue weighted by atomic mass is 9.64. The zero-order valence-electron chi connectivity index (χ0n) is 43.9. The molecule has 2 aliphatic rings. The minimum atomic E-state index is -0.765. The Morgan fingerprint density at radius 2 is 0.854 bits per heavy atom. The Labute approximate surface area is 480 Å². The largest absolute Gasteiger partial charge is 0.310 e. The van der Waals surface area contributed by atoms with Crippen LogP contribution in [0, 0.1) is 0 Å². The van der Waals surface area contributed by atoms with E-state index < -0.39 is 5.41 Å². The molecule has 0 radical (unpaired) electrons. The van der Waals surface area contributed by atoms with Crippen molar-refractivity contribution >= 4 is 80.2 Å². The Balaban J connectivity index is 0.938. The zero-order valence-corrected chi connectivity index (χ0v) is 45.5. The minimum absolute atomic E-state index is 0.587. The summed E-state index contributed by atoms with van der Waals surface area (Å²) in [4.78, 5) is 29.9. The molecule has 0 atom stereocenters. The van der Waals surface area contributed by atoms with Gasteiger partial charge in [-0.25, -0.2) is 24.9 Å². The fourth-order valence-corrected chi connectivity index (χ4v) is 15.3. The van der Waals surface area contributed by atoms with Crippen LogP contribution < -0.4 is 4.90 Å². The van der Waals surface area contributed by atoms with Gasteiger partial charge in [0.25, 0.3) is 0 Å². The van der Waals surface area contributed by atoms with E-state index in [0.717, 1.165) is 99.6 Å². The van der Waals surface area contributed by atoms with E-state index in [4.69, 9.17) is 24.9 Å². The second kappa shape index (κ2) is 18.4. The number of aromatic nitrogens is 5. The van der Waals surface area contributed by atoms with Gasteiger partial charge >= 0.3 is 0 Å². The molecule has 5 heterocycles. The highest BCUT2D eigenvalue weighted by atomic mass is 32.1. The van der Waals surface area contributed by atoms with E-state index in [9.17, 15) is 0 Å². The molecule has 0 amide bonds. The molecule has 6 nitrogen and oxygen atoms in total. The Hall–Kier alpha value is -10.3. The van der Waals surface area contributed by atoms with Gasteiger partial charge in [0.15, 0.2) is 23.3 Å². The third kappa shape index (κ3) is 7.08. The summed E-state index contributed by atoms with van der Waals surface area (Å²) >= 11 is 3.59. The number of fused-ring (bicyclic) bond motifs is 15. The molecular weight excluding hydrogens is 1040 g/mol. The Kier molecular flexibility index (Phi) is 10.5. The van der Waals surface area contributed by atoms with Crippen LogP contribution in [0.4, 0.5) is 17.1 Å². The molecule has 382 valence electrons. The lowest BCUT2D eigenvalue weighted by Crippen LogP contribution is -2.36. The van der Waals surface area contributed by atoms with Crippen LogP contribution in [0.5, 0.6) is 0 Å². The van der Waals surface area contributed by atoms with E-state index in [1.165, 1.54) is 36.0 Å². The molecule has 0 unspecified atom stereocenters. The Bertz CT molecular complexity index is 5020. The van der Waals surface area contributed by atoms with Crippen molar-refractivity contribution in [3.63, 3.8) is 0 Å². The summed E-state index contributed by atoms with van der Waals surface area (Å²) in [5.41, 5.74) is 18.2. The standard InChI is InChI=1S/C74H44N6S2/c1-4-20-45(21-5-1)47-24-18-25-49(42-47)72-77-70(46-22-6-2-7-23-46)78-73(79-72)55-30-19-33-60-66(55)56-43-50(39-41-57(56)74(60)58-31-12-14-34-61(58)80(51-26-8-3-9-27-51)62-35-15-13-32-59(62)74)71-75-67(69-68(76-71)54-29-11-17-37-64(54)82-69)48-38-40-53-52-28-10-16-36-63(52)81-65(53)44-48/h1-44H. The molecule has 11 aromatic carbocycles. The number of hydrogen-bond acceptors (Lipinski definition) is 8. The molecule has 4 aromatic heterocycles. The quantitative estimate of drug-likeness (QED) is 0.158. The maximum Gasteiger partial charge on any atom is 0.164 e. The van der Waals surface area contributed by atoms with Crippen molar-refractivity contribution in [2.45, 2.75) is 5.41 Å². The molecule has 8 heteroatoms. The van der Waals surface area contributed by atoms with E-state index in [2.05, 4.69) is 248 Å². The highest BCUT2D eigenvalue weighted by Gasteiger charge is 2.52. The van der Waals surface area contributed by atoms with Crippen LogP contribution in [0.2, 0.25) is 0 Å². The third-order valence-electron chi connectivity index (χ3n) is 16.5. The van der Waals surface area contributed by atoms with E-state index in [-0.39, 0.29) is 0 Å². The van der Waals surface area contributed by atoms with E-state index in [1.807, 2.05) is 35.6 Å². The smallest absolute Gasteiger partial charge is 0.164 e. The second-order valence-electron chi connectivity index (χ2n) is 21.0. The van der Waals surface area contributed by atoms with Crippen molar-refractivity contribution in [3.05, 3.63) is 289 Å². The van der Waals surface area contributed by atoms with Gasteiger partial charge in [-0.2, -0.15) is 0 Å². The first-order valence-electron chi connectivity index (χ1n) is 27.6. The molecule has 0 saturated carbocycles. The number of benzene rings is 11. The number of nitrogens with zero attached hydrogens (tertiary/aromatic N) is 6. The topological polar surface area (TPSA) is 67.7 Å². The molecule has 15 aromatic rings. The number of hydrogen-bond donors (Lipinski definition) is 0. The van der Waals surface area contributed by atoms with Gasteiger partial charge in [-0.1, -0.05) is 212 Å². The number of para-hydroxylation sites is 3. The van der Waals surface area contributed by atoms with E-state index >= 15 is 0 Å². The van der Waals surface area contributed by atoms with Gasteiger partial charge in [0.05, 0.1) is 32.7 Å². The Morgan fingerprint density at radius 3 is 1.62 bits per heavy atom. The molecule has 1 spiro atoms. The molecule has 0 fully saturated rings. The highest BCUT2D eigenvalue weighted by Crippen LogP contribution is 2.65. The van der Waals surface area contributed by atoms with Crippen LogP contribution in [0.3, 0.4) is 0 Å². The summed E-state index contributed by atoms with van der Waals surface area (Å²) in [6.07, 6.45) is 0. The van der Waals surface area contributed by atoms with Gasteiger partial charge in [-0.05, 0) is 99.1 Å². The maximum atomic E-state index is 5.66. The van der Waals surface area contributed by atoms with Crippen LogP contribution in [0.15, 0.2) is 267 Å². The second-order valence-corrected chi connectivity index (χ2v) is 23.2. The molecular formula is C74H44N6S2. The van der Waals surface area contributed by atoms with Gasteiger partial charge in [0.1, 0.15) is 0 Å². The number of anilines is 3. The lowest BCUT2D eigenvalue weighted by molar-refractivity contribution is 0.752. The summed E-state index contributed by atoms with van der Waals surface area (Å²) in [6.45, 7) is 0. The minimum Gasteiger partial charge on any atom is -0.310 e. The van der Waals surface area contributed by atoms with Crippen LogP contribution in [0.1, 0.15) is 22.3 Å². The molecule has 82 heavy (non-hydrogen) atoms. The molecule has 17 rings (SSSR count). The molecule has 1 aliphatic heterocycles. The maximum absolute atomic E-state index is 5.66. The fourth-order valence-electron chi connectivity index (χ4n) is 13.0. The van der Waals surface area contributed by atoms with Crippen molar-refractivity contribution in [2.24, 2.45) is 0 Å². The van der Waals surface area contributed by atoms with Gasteiger partial charge in [0.2, 0.25) is 0 Å². The predicted octanol–water partition coefficient (Wildman–Crippen LogP) is 19.5. The van der Waals surface area contributed by atoms with Gasteiger partial charge < -0.3 is 4.90 Å². The van der Waals surface area contributed by atoms with Crippen molar-refractivity contribution in [1.29, 1.82) is 0 Å². The van der Waals surface area contributed by atoms with Crippen LogP contribution in [-0.2, 0) is 5.41 Å². The van der Waals surface area contributed by atoms with E-state index in [0.29, 0.717) is 23.3 Å². The number of rotatable bonds is 7. The first-order valence-corrected chi connectivity index (χ1v) is 29.2. The molecule has 0 N–H and O–H groups in total. The number of thiophene rings is 2. The SMILES string of the molecule is c1ccc(-c2cccc(-c3nc(-c4ccccc4)nc(-c4cccc5c4-c4cc(-c6nc(-c7ccc8c(c7)sc7ccccc78)c7sc8ccccc8c7n6)ccc4C54c5ccccc5N(c5ccccc5)c5ccccc54)n3)c2)cc1. The van der Waals surface area contributed by atoms with Crippen molar-refractivity contribution in [1.82, 2.24) is 24.9 Å². The van der Waals surface area contributed by atoms with Crippen LogP contribution in [0.25, 0.3) is 120 Å². The van der Waals surface area contributed by atoms with Crippen LogP contribution >= 0.6 is 22.7 Å². The molecule has 0 saturated heterocycles. The average Bonchev–Trinajstić information content (AvgIpc) is 2.30. The van der Waals surface area contributed by atoms with Crippen molar-refractivity contribution < 1.29 is 0 Å². The van der Waals surface area contributed by atoms with Gasteiger partial charge in [-0.15, -0.1) is 22.7 Å². The fraction of sp³-hybridized carbons (Fsp3) is 0.0135. The summed E-state index contributed by atoms with van der Waals surface area (Å²) in [6, 6.07) is 95.7. The van der Waals surface area contributed by atoms with Crippen molar-refractivity contribution in [2.75, 3.05) is 4.90 Å². The first kappa shape index (κ1) is 46.6. The van der Waals surface area contributed by atoms with Gasteiger partial charge in [-0.3, -0.25) is 0 Å². The average molecular weight is 1080 g/mol. The monoisotopic (exact) mass is 1080 g/mol. The summed E-state index contributed by atoms with van der Waals surface area (Å²) in [7, 11) is 0. The lowest BCUT2D eigenvalue weighted by Gasteiger charge is -2.45. The zero-order chi connectivity index (χ0) is 53.9. The summed E-state index contributed by atoms with van der Waals surface area (Å²) < 4.78 is 4.77. The predicted molar refractivity (Wildman–Crippen MR) is 339 cm³/mol. The van der Waals surface area contributed by atoms with Gasteiger partial charge in [0, 0.05) is 63.8 Å². The summed E-state index contributed by atoms with van der Waals surface area (Å²) in [5, 5.41) is 3.65. The molecule has 1 aliphatic carbocycles. The van der Waals surface area contributed by atoms with Crippen molar-refractivity contribution in [3.8, 4) is 79.1 Å².